The first-order chi connectivity index (χ1) is 13.0. The molecular weight excluding hydrogens is 344 g/mol. The molecule has 2 aromatic rings. The summed E-state index contributed by atoms with van der Waals surface area (Å²) in [5.41, 5.74) is 4.00. The molecule has 1 saturated heterocycles. The summed E-state index contributed by atoms with van der Waals surface area (Å²) in [6.45, 7) is 6.07. The number of aromatic nitrogens is 1. The minimum absolute atomic E-state index is 0.0317. The van der Waals surface area contributed by atoms with Gasteiger partial charge in [0.05, 0.1) is 19.3 Å². The zero-order chi connectivity index (χ0) is 19.2. The Bertz CT molecular complexity index is 760. The Morgan fingerprint density at radius 3 is 2.78 bits per heavy atom. The minimum Gasteiger partial charge on any atom is -0.493 e. The lowest BCUT2D eigenvalue weighted by Gasteiger charge is -2.11. The van der Waals surface area contributed by atoms with Crippen molar-refractivity contribution in [3.05, 3.63) is 58.3 Å². The summed E-state index contributed by atoms with van der Waals surface area (Å²) in [5.74, 6) is -0.212. The zero-order valence-corrected chi connectivity index (χ0v) is 15.8. The summed E-state index contributed by atoms with van der Waals surface area (Å²) in [6.07, 6.45) is 1.98. The van der Waals surface area contributed by atoms with Gasteiger partial charge in [-0.25, -0.2) is 4.98 Å². The second-order valence-corrected chi connectivity index (χ2v) is 6.87. The van der Waals surface area contributed by atoms with Crippen LogP contribution in [0.1, 0.15) is 39.2 Å². The van der Waals surface area contributed by atoms with Gasteiger partial charge in [0, 0.05) is 30.0 Å². The van der Waals surface area contributed by atoms with Crippen molar-refractivity contribution in [1.82, 2.24) is 10.3 Å². The molecule has 27 heavy (non-hydrogen) atoms. The molecule has 0 aliphatic carbocycles. The molecule has 1 unspecified atom stereocenters. The first-order valence-electron chi connectivity index (χ1n) is 9.25. The fourth-order valence-electron chi connectivity index (χ4n) is 3.14. The second-order valence-electron chi connectivity index (χ2n) is 6.87. The van der Waals surface area contributed by atoms with Crippen LogP contribution in [0.4, 0.5) is 0 Å². The van der Waals surface area contributed by atoms with Crippen LogP contribution < -0.4 is 5.32 Å². The van der Waals surface area contributed by atoms with Gasteiger partial charge in [-0.1, -0.05) is 12.1 Å². The third kappa shape index (κ3) is 5.28. The van der Waals surface area contributed by atoms with Gasteiger partial charge in [-0.3, -0.25) is 4.79 Å². The van der Waals surface area contributed by atoms with Gasteiger partial charge in [0.25, 0.3) is 5.91 Å². The molecule has 1 aromatic carbocycles. The SMILES string of the molecule is Cc1cc(C)c(CNC(=O)c2ccc(CCOC3CCOC3)cc2)c(O)n1. The molecule has 0 spiro atoms. The van der Waals surface area contributed by atoms with Gasteiger partial charge in [-0.2, -0.15) is 0 Å². The number of rotatable bonds is 7. The molecule has 0 radical (unpaired) electrons. The molecule has 0 bridgehead atoms. The van der Waals surface area contributed by atoms with Crippen LogP contribution >= 0.6 is 0 Å². The number of ether oxygens (including phenoxy) is 2. The number of amides is 1. The third-order valence-corrected chi connectivity index (χ3v) is 4.73. The lowest BCUT2D eigenvalue weighted by atomic mass is 10.1. The molecule has 2 N–H and O–H groups in total. The Balaban J connectivity index is 1.50. The van der Waals surface area contributed by atoms with Crippen molar-refractivity contribution in [2.75, 3.05) is 19.8 Å². The maximum absolute atomic E-state index is 12.4. The Hall–Kier alpha value is -2.44. The van der Waals surface area contributed by atoms with Gasteiger partial charge in [-0.05, 0) is 56.0 Å². The van der Waals surface area contributed by atoms with Crippen molar-refractivity contribution in [3.8, 4) is 5.88 Å². The van der Waals surface area contributed by atoms with E-state index < -0.39 is 0 Å². The van der Waals surface area contributed by atoms with E-state index in [1.54, 1.807) is 0 Å². The highest BCUT2D eigenvalue weighted by molar-refractivity contribution is 5.94. The number of pyridine rings is 1. The monoisotopic (exact) mass is 370 g/mol. The number of aryl methyl sites for hydroxylation is 2. The summed E-state index contributed by atoms with van der Waals surface area (Å²) in [5, 5.41) is 12.8. The zero-order valence-electron chi connectivity index (χ0n) is 15.8. The van der Waals surface area contributed by atoms with E-state index >= 15 is 0 Å². The van der Waals surface area contributed by atoms with Gasteiger partial charge < -0.3 is 19.9 Å². The van der Waals surface area contributed by atoms with Gasteiger partial charge in [0.15, 0.2) is 0 Å². The van der Waals surface area contributed by atoms with Gasteiger partial charge >= 0.3 is 0 Å². The molecular formula is C21H26N2O4. The fourth-order valence-corrected chi connectivity index (χ4v) is 3.14. The maximum Gasteiger partial charge on any atom is 0.251 e. The van der Waals surface area contributed by atoms with Crippen LogP contribution in [0.2, 0.25) is 0 Å². The predicted molar refractivity (Wildman–Crippen MR) is 102 cm³/mol. The van der Waals surface area contributed by atoms with E-state index in [2.05, 4.69) is 10.3 Å². The minimum atomic E-state index is -0.180. The number of carbonyl (C=O) groups is 1. The van der Waals surface area contributed by atoms with Crippen LogP contribution in [0.15, 0.2) is 30.3 Å². The van der Waals surface area contributed by atoms with Crippen LogP contribution in [0, 0.1) is 13.8 Å². The molecule has 1 aliphatic heterocycles. The van der Waals surface area contributed by atoms with Gasteiger partial charge in [0.2, 0.25) is 5.88 Å². The Morgan fingerprint density at radius 2 is 2.11 bits per heavy atom. The average molecular weight is 370 g/mol. The number of nitrogens with one attached hydrogen (secondary N) is 1. The number of hydrogen-bond acceptors (Lipinski definition) is 5. The topological polar surface area (TPSA) is 80.7 Å². The van der Waals surface area contributed by atoms with Crippen molar-refractivity contribution in [3.63, 3.8) is 0 Å². The fraction of sp³-hybridized carbons (Fsp3) is 0.429. The average Bonchev–Trinajstić information content (AvgIpc) is 3.14. The van der Waals surface area contributed by atoms with Crippen LogP contribution in [0.3, 0.4) is 0 Å². The smallest absolute Gasteiger partial charge is 0.251 e. The standard InChI is InChI=1S/C21H26N2O4/c1-14-11-15(2)23-21(25)19(14)12-22-20(24)17-5-3-16(4-6-17)7-10-27-18-8-9-26-13-18/h3-6,11,18H,7-10,12-13H2,1-2H3,(H,22,24)(H,23,25). The lowest BCUT2D eigenvalue weighted by molar-refractivity contribution is 0.0446. The highest BCUT2D eigenvalue weighted by atomic mass is 16.5. The molecule has 1 amide bonds. The predicted octanol–water partition coefficient (Wildman–Crippen LogP) is 2.68. The van der Waals surface area contributed by atoms with Crippen molar-refractivity contribution < 1.29 is 19.4 Å². The van der Waals surface area contributed by atoms with Crippen molar-refractivity contribution in [1.29, 1.82) is 0 Å². The van der Waals surface area contributed by atoms with E-state index in [1.165, 1.54) is 0 Å². The second kappa shape index (κ2) is 8.97. The van der Waals surface area contributed by atoms with E-state index in [0.717, 1.165) is 36.3 Å². The normalized spacial score (nSPS) is 16.4. The van der Waals surface area contributed by atoms with Crippen molar-refractivity contribution >= 4 is 5.91 Å². The maximum atomic E-state index is 12.4. The summed E-state index contributed by atoms with van der Waals surface area (Å²) in [4.78, 5) is 16.4. The van der Waals surface area contributed by atoms with E-state index in [0.29, 0.717) is 24.3 Å². The van der Waals surface area contributed by atoms with Gasteiger partial charge in [0.1, 0.15) is 0 Å². The molecule has 3 rings (SSSR count). The number of nitrogens with zero attached hydrogens (tertiary/aromatic N) is 1. The first kappa shape index (κ1) is 19.3. The number of hydrogen-bond donors (Lipinski definition) is 2. The van der Waals surface area contributed by atoms with Crippen molar-refractivity contribution in [2.24, 2.45) is 0 Å². The summed E-state index contributed by atoms with van der Waals surface area (Å²) < 4.78 is 11.1. The summed E-state index contributed by atoms with van der Waals surface area (Å²) in [7, 11) is 0. The Morgan fingerprint density at radius 1 is 1.33 bits per heavy atom. The van der Waals surface area contributed by atoms with Crippen LogP contribution in [0.25, 0.3) is 0 Å². The number of carbonyl (C=O) groups excluding carboxylic acids is 1. The molecule has 2 heterocycles. The molecule has 1 atom stereocenters. The molecule has 1 aromatic heterocycles. The molecule has 6 heteroatoms. The molecule has 6 nitrogen and oxygen atoms in total. The van der Waals surface area contributed by atoms with Crippen LogP contribution in [-0.4, -0.2) is 41.9 Å². The third-order valence-electron chi connectivity index (χ3n) is 4.73. The first-order valence-corrected chi connectivity index (χ1v) is 9.25. The Kier molecular flexibility index (Phi) is 6.42. The molecule has 1 fully saturated rings. The number of benzene rings is 1. The van der Waals surface area contributed by atoms with Gasteiger partial charge in [-0.15, -0.1) is 0 Å². The Labute approximate surface area is 159 Å². The van der Waals surface area contributed by atoms with Crippen LogP contribution in [0.5, 0.6) is 5.88 Å². The molecule has 144 valence electrons. The molecule has 0 saturated carbocycles. The van der Waals surface area contributed by atoms with E-state index in [4.69, 9.17) is 9.47 Å². The van der Waals surface area contributed by atoms with Crippen LogP contribution in [-0.2, 0) is 22.4 Å². The van der Waals surface area contributed by atoms with E-state index in [9.17, 15) is 9.90 Å². The summed E-state index contributed by atoms with van der Waals surface area (Å²) in [6, 6.07) is 9.39. The van der Waals surface area contributed by atoms with E-state index in [1.807, 2.05) is 44.2 Å². The number of aromatic hydroxyl groups is 1. The summed E-state index contributed by atoms with van der Waals surface area (Å²) >= 11 is 0. The van der Waals surface area contributed by atoms with Crippen molar-refractivity contribution in [2.45, 2.75) is 39.3 Å². The largest absolute Gasteiger partial charge is 0.493 e. The lowest BCUT2D eigenvalue weighted by Crippen LogP contribution is -2.23. The molecule has 1 aliphatic rings. The highest BCUT2D eigenvalue weighted by Gasteiger charge is 2.15. The van der Waals surface area contributed by atoms with E-state index in [-0.39, 0.29) is 24.4 Å². The highest BCUT2D eigenvalue weighted by Crippen LogP contribution is 2.19. The quantitative estimate of drug-likeness (QED) is 0.783.